The molecule has 150 heavy (non-hydrogen) atoms. The third-order valence-corrected chi connectivity index (χ3v) is 28.8. The molecule has 0 atom stereocenters. The van der Waals surface area contributed by atoms with Gasteiger partial charge in [-0.05, 0) is 294 Å². The quantitative estimate of drug-likeness (QED) is 0.0238. The van der Waals surface area contributed by atoms with E-state index in [1.165, 1.54) is 191 Å². The first-order valence-corrected chi connectivity index (χ1v) is 52.8. The van der Waals surface area contributed by atoms with E-state index in [4.69, 9.17) is 0 Å². The van der Waals surface area contributed by atoms with Crippen LogP contribution in [-0.4, -0.2) is 6.11 Å². The molecule has 17 rings (SSSR count). The van der Waals surface area contributed by atoms with Crippen LogP contribution in [0.4, 0.5) is 83.4 Å². The number of unbranched alkanes of at least 4 members (excludes halogenated alkanes) is 4. The Morgan fingerprint density at radius 1 is 0.247 bits per heavy atom. The number of benzene rings is 14. The lowest BCUT2D eigenvalue weighted by molar-refractivity contribution is -0.224. The molecule has 0 heterocycles. The van der Waals surface area contributed by atoms with Crippen LogP contribution in [0.3, 0.4) is 0 Å². The van der Waals surface area contributed by atoms with Crippen molar-refractivity contribution in [2.75, 3.05) is 0 Å². The van der Waals surface area contributed by atoms with Crippen molar-refractivity contribution in [1.82, 2.24) is 0 Å². The Morgan fingerprint density at radius 3 is 0.947 bits per heavy atom. The summed E-state index contributed by atoms with van der Waals surface area (Å²) in [5, 5.41) is 0. The molecule has 0 aromatic heterocycles. The number of alkyl halides is 4. The van der Waals surface area contributed by atoms with Gasteiger partial charge in [0.2, 0.25) is 0 Å². The van der Waals surface area contributed by atoms with Gasteiger partial charge in [-0.3, -0.25) is 0 Å². The first-order chi connectivity index (χ1) is 72.1. The zero-order chi connectivity index (χ0) is 108. The Morgan fingerprint density at radius 2 is 0.560 bits per heavy atom. The zero-order valence-corrected chi connectivity index (χ0v) is 86.4. The average Bonchev–Trinajstić information content (AvgIpc) is 0.771. The van der Waals surface area contributed by atoms with Crippen LogP contribution < -0.4 is 9.47 Å². The largest absolute Gasteiger partial charge is 0.432 e. The molecule has 3 fully saturated rings. The Kier molecular flexibility index (Phi) is 43.7. The number of halogens is 19. The summed E-state index contributed by atoms with van der Waals surface area (Å²) < 4.78 is 269. The summed E-state index contributed by atoms with van der Waals surface area (Å²) in [6, 6.07) is 75.6. The normalized spacial score (nSPS) is 16.0. The van der Waals surface area contributed by atoms with Gasteiger partial charge in [0.05, 0.1) is 5.92 Å². The van der Waals surface area contributed by atoms with Gasteiger partial charge in [-0.1, -0.05) is 331 Å². The second-order valence-corrected chi connectivity index (χ2v) is 39.7. The summed E-state index contributed by atoms with van der Waals surface area (Å²) in [7, 11) is 0. The molecule has 0 amide bonds. The lowest BCUT2D eigenvalue weighted by Crippen LogP contribution is -2.38. The maximum atomic E-state index is 14.8. The molecule has 794 valence electrons. The van der Waals surface area contributed by atoms with Gasteiger partial charge in [0.25, 0.3) is 0 Å². The van der Waals surface area contributed by atoms with Crippen molar-refractivity contribution in [3.05, 3.63) is 405 Å². The van der Waals surface area contributed by atoms with E-state index in [-0.39, 0.29) is 34.6 Å². The van der Waals surface area contributed by atoms with Gasteiger partial charge in [0.1, 0.15) is 40.3 Å². The Bertz CT molecular complexity index is 6490. The number of aryl methyl sites for hydroxylation is 6. The molecule has 0 aliphatic heterocycles. The lowest BCUT2D eigenvalue weighted by Gasteiger charge is -2.39. The van der Waals surface area contributed by atoms with Crippen molar-refractivity contribution in [3.8, 4) is 89.4 Å². The fraction of sp³-hybridized carbons (Fsp3) is 0.349. The molecule has 3 saturated carbocycles. The minimum Gasteiger partial charge on any atom is -0.432 e. The van der Waals surface area contributed by atoms with Crippen LogP contribution in [0.1, 0.15) is 253 Å². The number of hydrogen-bond acceptors (Lipinski definition) is 2. The second kappa shape index (κ2) is 56.5. The molecule has 0 bridgehead atoms. The van der Waals surface area contributed by atoms with Crippen molar-refractivity contribution in [3.63, 3.8) is 0 Å². The van der Waals surface area contributed by atoms with Crippen LogP contribution >= 0.6 is 0 Å². The maximum Gasteiger partial charge on any atom is 0.432 e. The first-order valence-electron chi connectivity index (χ1n) is 52.8. The van der Waals surface area contributed by atoms with Gasteiger partial charge in [0, 0.05) is 35.4 Å². The van der Waals surface area contributed by atoms with E-state index in [0.29, 0.717) is 71.6 Å². The molecule has 0 radical (unpaired) electrons. The van der Waals surface area contributed by atoms with Crippen molar-refractivity contribution >= 4 is 0 Å². The summed E-state index contributed by atoms with van der Waals surface area (Å²) in [5.41, 5.74) is 17.0. The highest BCUT2D eigenvalue weighted by molar-refractivity contribution is 5.74. The first kappa shape index (κ1) is 116. The van der Waals surface area contributed by atoms with Crippen LogP contribution in [0, 0.1) is 124 Å². The van der Waals surface area contributed by atoms with E-state index in [9.17, 15) is 83.4 Å². The molecular weight excluding hydrogens is 1940 g/mol. The lowest BCUT2D eigenvalue weighted by atomic mass is 9.68. The van der Waals surface area contributed by atoms with Gasteiger partial charge in [0.15, 0.2) is 64.0 Å². The monoisotopic (exact) mass is 2080 g/mol. The summed E-state index contributed by atoms with van der Waals surface area (Å²) in [6.07, 6.45) is 24.2. The van der Waals surface area contributed by atoms with Gasteiger partial charge >= 0.3 is 12.2 Å². The summed E-state index contributed by atoms with van der Waals surface area (Å²) >= 11 is 0. The van der Waals surface area contributed by atoms with Crippen LogP contribution in [0.25, 0.3) is 77.9 Å². The van der Waals surface area contributed by atoms with Crippen molar-refractivity contribution < 1.29 is 92.9 Å². The minimum atomic E-state index is -4.62. The predicted octanol–water partition coefficient (Wildman–Crippen LogP) is 40.7. The Hall–Kier alpha value is -12.7. The molecule has 21 heteroatoms. The minimum absolute atomic E-state index is 0.0149. The Balaban J connectivity index is 0.000000160. The molecule has 3 aliphatic carbocycles. The van der Waals surface area contributed by atoms with Crippen LogP contribution in [0.5, 0.6) is 11.5 Å². The summed E-state index contributed by atoms with van der Waals surface area (Å²) in [6.45, 7) is 17.3. The molecule has 0 spiro atoms. The molecule has 14 aromatic carbocycles. The summed E-state index contributed by atoms with van der Waals surface area (Å²) in [4.78, 5) is 0. The topological polar surface area (TPSA) is 18.5 Å². The van der Waals surface area contributed by atoms with Crippen molar-refractivity contribution in [1.29, 1.82) is 0 Å². The highest BCUT2D eigenvalue weighted by atomic mass is 19.3. The van der Waals surface area contributed by atoms with Gasteiger partial charge in [-0.2, -0.15) is 17.6 Å². The van der Waals surface area contributed by atoms with Crippen molar-refractivity contribution in [2.24, 2.45) is 29.6 Å². The molecule has 3 aliphatic rings. The highest BCUT2D eigenvalue weighted by Crippen LogP contribution is 2.48. The van der Waals surface area contributed by atoms with Crippen LogP contribution in [0.15, 0.2) is 273 Å². The van der Waals surface area contributed by atoms with E-state index in [2.05, 4.69) is 155 Å². The van der Waals surface area contributed by atoms with Crippen molar-refractivity contribution in [2.45, 2.75) is 260 Å². The van der Waals surface area contributed by atoms with E-state index >= 15 is 0 Å². The summed E-state index contributed by atoms with van der Waals surface area (Å²) in [5.74, 6) is -19.4. The fourth-order valence-corrected chi connectivity index (χ4v) is 20.2. The molecule has 0 N–H and O–H groups in total. The third-order valence-electron chi connectivity index (χ3n) is 28.8. The number of ether oxygens (including phenoxy) is 2. The van der Waals surface area contributed by atoms with E-state index in [0.717, 1.165) is 114 Å². The number of hydrogen-bond donors (Lipinski definition) is 0. The van der Waals surface area contributed by atoms with Crippen LogP contribution in [-0.2, 0) is 38.2 Å². The molecule has 14 aromatic rings. The van der Waals surface area contributed by atoms with E-state index in [1.54, 1.807) is 42.5 Å². The van der Waals surface area contributed by atoms with Gasteiger partial charge in [-0.15, -0.1) is 0 Å². The highest BCUT2D eigenvalue weighted by Gasteiger charge is 2.46. The second-order valence-electron chi connectivity index (χ2n) is 39.7. The van der Waals surface area contributed by atoms with Gasteiger partial charge < -0.3 is 9.47 Å². The standard InChI is InChI=1S/C26H29F.C22H29F5O.C21H13F7O.C21H16F4.C21H24F2.C18H22/c1-3-5-6-8-21-11-15-23(16-12-21)25-18-17-24(19-26(25)27)22-13-9-20(7-4-2)10-14-22;1-2-3-14-4-6-15(7-5-14)16-8-10-17(11-9-16)22(26,27)28-18-12-19(23)21(25)20(24)13-18;1-2-11-3-5-12(6-4-11)13-7-15(22)19(16(23)8-13)21(27,28)29-14-9-17(24)20(26)18(25)10-14;1-2-3-13-4-6-14(7-5-13)15-8-9-17(18(22)10-15)16-11-19(23)21(25)20(24)12-16;1-2-3-15-4-6-16(7-5-15)17-8-10-18(11-9-17)19-12-13-20(22)21(23)14-19;1-3-4-5-6-16-9-13-18(14-10-16)17-11-7-15(2)8-12-17/h9-19H,3-8H2,1-2H3;12-17H,2-11H2,1H3;3-10H,2H2,1H3;4-12H,2-3H2,1H3;8-16H,2-7H2,1H3;7-14H,3-6H2,1-2H3. The van der Waals surface area contributed by atoms with E-state index in [1.807, 2.05) is 67.6 Å². The Labute approximate surface area is 871 Å². The average molecular weight is 2080 g/mol. The smallest absolute Gasteiger partial charge is 0.432 e. The van der Waals surface area contributed by atoms with Gasteiger partial charge in [-0.25, -0.2) is 65.9 Å². The van der Waals surface area contributed by atoms with Crippen LogP contribution in [0.2, 0.25) is 0 Å². The molecular formula is C129H133F19O2. The number of rotatable bonds is 32. The van der Waals surface area contributed by atoms with E-state index < -0.39 is 117 Å². The zero-order valence-electron chi connectivity index (χ0n) is 86.4. The fourth-order valence-electron chi connectivity index (χ4n) is 20.2. The molecule has 0 unspecified atom stereocenters. The maximum absolute atomic E-state index is 14.8. The predicted molar refractivity (Wildman–Crippen MR) is 567 cm³/mol. The molecule has 2 nitrogen and oxygen atoms in total. The SMILES string of the molecule is CCCC1CCC(C2CCC(C(F)(F)Oc3cc(F)c(F)c(F)c3)CC2)CC1.CCCC1CCC(c2ccc(-c3ccc(F)c(F)c3)cc2)CC1.CCCCCc1ccc(-c2ccc(-c3ccc(CCC)cc3)cc2F)cc1.CCCCCc1ccc(-c2ccc(C)cc2)cc1.CCCc1ccc(-c2ccc(-c3cc(F)c(F)c(F)c3)c(F)c2)cc1.CCc1ccc(-c2cc(F)c(C(F)(F)Oc3cc(F)c(F)c(F)c3)c(F)c2)cc1. The third kappa shape index (κ3) is 32.9. The molecule has 0 saturated heterocycles.